The summed E-state index contributed by atoms with van der Waals surface area (Å²) in [7, 11) is 1.67. The molecule has 0 saturated carbocycles. The van der Waals surface area contributed by atoms with Crippen molar-refractivity contribution in [1.82, 2.24) is 0 Å². The molecule has 3 heteroatoms. The number of methoxy groups -OCH3 is 1. The third kappa shape index (κ3) is 2.85. The van der Waals surface area contributed by atoms with E-state index in [-0.39, 0.29) is 11.6 Å². The molecule has 0 bridgehead atoms. The lowest BCUT2D eigenvalue weighted by Gasteiger charge is -2.38. The number of ether oxygens (including phenoxy) is 2. The molecular weight excluding hydrogens is 226 g/mol. The molecular formula is C15H25NO2. The lowest BCUT2D eigenvalue weighted by Crippen LogP contribution is -2.43. The first kappa shape index (κ1) is 15.0. The van der Waals surface area contributed by atoms with E-state index in [9.17, 15) is 0 Å². The van der Waals surface area contributed by atoms with Crippen LogP contribution in [0.5, 0.6) is 5.75 Å². The Balaban J connectivity index is 3.12. The van der Waals surface area contributed by atoms with E-state index in [1.807, 2.05) is 31.2 Å². The van der Waals surface area contributed by atoms with Crippen LogP contribution >= 0.6 is 0 Å². The van der Waals surface area contributed by atoms with Crippen LogP contribution in [0.3, 0.4) is 0 Å². The molecule has 0 amide bonds. The summed E-state index contributed by atoms with van der Waals surface area (Å²) in [5, 5.41) is 0. The zero-order valence-corrected chi connectivity index (χ0v) is 11.9. The van der Waals surface area contributed by atoms with Crippen LogP contribution in [-0.4, -0.2) is 19.3 Å². The second-order valence-corrected chi connectivity index (χ2v) is 4.42. The van der Waals surface area contributed by atoms with Gasteiger partial charge in [-0.25, -0.2) is 0 Å². The van der Waals surface area contributed by atoms with Gasteiger partial charge >= 0.3 is 0 Å². The summed E-state index contributed by atoms with van der Waals surface area (Å²) in [5.74, 6) is 0.830. The van der Waals surface area contributed by atoms with Gasteiger partial charge in [0.25, 0.3) is 0 Å². The molecule has 0 spiro atoms. The van der Waals surface area contributed by atoms with Gasteiger partial charge < -0.3 is 15.2 Å². The van der Waals surface area contributed by atoms with Crippen LogP contribution in [0.15, 0.2) is 24.3 Å². The number of nitrogens with two attached hydrogens (primary N) is 1. The maximum atomic E-state index is 6.45. The molecule has 3 nitrogen and oxygen atoms in total. The van der Waals surface area contributed by atoms with Crippen LogP contribution in [0.1, 0.15) is 45.2 Å². The lowest BCUT2D eigenvalue weighted by atomic mass is 9.84. The van der Waals surface area contributed by atoms with Gasteiger partial charge in [-0.05, 0) is 25.8 Å². The predicted octanol–water partition coefficient (Wildman–Crippen LogP) is 3.29. The van der Waals surface area contributed by atoms with Crippen molar-refractivity contribution in [3.8, 4) is 5.75 Å². The summed E-state index contributed by atoms with van der Waals surface area (Å²) in [6.07, 6.45) is 1.77. The number of hydrogen-bond acceptors (Lipinski definition) is 3. The van der Waals surface area contributed by atoms with Gasteiger partial charge in [-0.1, -0.05) is 32.0 Å². The van der Waals surface area contributed by atoms with Crippen molar-refractivity contribution in [1.29, 1.82) is 0 Å². The highest BCUT2D eigenvalue weighted by Gasteiger charge is 2.36. The average molecular weight is 251 g/mol. The molecule has 0 aliphatic rings. The number of benzene rings is 1. The van der Waals surface area contributed by atoms with E-state index in [4.69, 9.17) is 15.2 Å². The first-order chi connectivity index (χ1) is 8.65. The highest BCUT2D eigenvalue weighted by Crippen LogP contribution is 2.37. The normalized spacial score (nSPS) is 13.4. The maximum Gasteiger partial charge on any atom is 0.123 e. The van der Waals surface area contributed by atoms with Gasteiger partial charge in [0.1, 0.15) is 5.75 Å². The first-order valence-electron chi connectivity index (χ1n) is 6.67. The monoisotopic (exact) mass is 251 g/mol. The third-order valence-electron chi connectivity index (χ3n) is 3.67. The van der Waals surface area contributed by atoms with Gasteiger partial charge in [0.05, 0.1) is 18.8 Å². The minimum absolute atomic E-state index is 0.177. The first-order valence-corrected chi connectivity index (χ1v) is 6.67. The predicted molar refractivity (Wildman–Crippen MR) is 74.9 cm³/mol. The van der Waals surface area contributed by atoms with Crippen molar-refractivity contribution in [2.24, 2.45) is 5.73 Å². The standard InChI is InChI=1S/C15H25NO2/c1-5-15(6-2,18-7-3)14(16)12-10-8-9-11-13(12)17-4/h8-11,14H,5-7,16H2,1-4H3. The minimum atomic E-state index is -0.316. The quantitative estimate of drug-likeness (QED) is 0.808. The summed E-state index contributed by atoms with van der Waals surface area (Å²) >= 11 is 0. The van der Waals surface area contributed by atoms with Crippen molar-refractivity contribution >= 4 is 0 Å². The van der Waals surface area contributed by atoms with Gasteiger partial charge in [0.2, 0.25) is 0 Å². The highest BCUT2D eigenvalue weighted by atomic mass is 16.5. The minimum Gasteiger partial charge on any atom is -0.496 e. The van der Waals surface area contributed by atoms with Crippen LogP contribution in [0.25, 0.3) is 0 Å². The van der Waals surface area contributed by atoms with E-state index < -0.39 is 0 Å². The molecule has 0 heterocycles. The van der Waals surface area contributed by atoms with E-state index in [0.717, 1.165) is 24.2 Å². The van der Waals surface area contributed by atoms with Gasteiger partial charge in [-0.15, -0.1) is 0 Å². The van der Waals surface area contributed by atoms with Crippen molar-refractivity contribution in [2.45, 2.75) is 45.3 Å². The van der Waals surface area contributed by atoms with Crippen LogP contribution < -0.4 is 10.5 Å². The highest BCUT2D eigenvalue weighted by molar-refractivity contribution is 5.37. The molecule has 1 aromatic rings. The third-order valence-corrected chi connectivity index (χ3v) is 3.67. The Hall–Kier alpha value is -1.06. The fraction of sp³-hybridized carbons (Fsp3) is 0.600. The van der Waals surface area contributed by atoms with Crippen molar-refractivity contribution in [3.63, 3.8) is 0 Å². The average Bonchev–Trinajstić information content (AvgIpc) is 2.44. The Morgan fingerprint density at radius 1 is 1.17 bits per heavy atom. The molecule has 0 aromatic heterocycles. The summed E-state index contributed by atoms with van der Waals surface area (Å²) in [5.41, 5.74) is 7.15. The van der Waals surface area contributed by atoms with E-state index in [1.54, 1.807) is 7.11 Å². The summed E-state index contributed by atoms with van der Waals surface area (Å²) in [6, 6.07) is 7.72. The zero-order valence-electron chi connectivity index (χ0n) is 11.9. The summed E-state index contributed by atoms with van der Waals surface area (Å²) < 4.78 is 11.4. The fourth-order valence-electron chi connectivity index (χ4n) is 2.48. The van der Waals surface area contributed by atoms with Gasteiger partial charge in [-0.2, -0.15) is 0 Å². The van der Waals surface area contributed by atoms with Crippen LogP contribution in [0, 0.1) is 0 Å². The van der Waals surface area contributed by atoms with E-state index >= 15 is 0 Å². The number of rotatable bonds is 7. The Morgan fingerprint density at radius 2 is 1.78 bits per heavy atom. The Labute approximate surface area is 110 Å². The largest absolute Gasteiger partial charge is 0.496 e. The van der Waals surface area contributed by atoms with Crippen LogP contribution in [-0.2, 0) is 4.74 Å². The molecule has 18 heavy (non-hydrogen) atoms. The summed E-state index contributed by atoms with van der Waals surface area (Å²) in [4.78, 5) is 0. The molecule has 0 saturated heterocycles. The van der Waals surface area contributed by atoms with Crippen molar-refractivity contribution in [2.75, 3.05) is 13.7 Å². The molecule has 0 radical (unpaired) electrons. The van der Waals surface area contributed by atoms with Crippen LogP contribution in [0.4, 0.5) is 0 Å². The molecule has 102 valence electrons. The van der Waals surface area contributed by atoms with Crippen molar-refractivity contribution < 1.29 is 9.47 Å². The number of hydrogen-bond donors (Lipinski definition) is 1. The maximum absolute atomic E-state index is 6.45. The zero-order chi connectivity index (χ0) is 13.6. The molecule has 0 aliphatic carbocycles. The SMILES string of the molecule is CCOC(CC)(CC)C(N)c1ccccc1OC. The molecule has 1 atom stereocenters. The van der Waals surface area contributed by atoms with Crippen LogP contribution in [0.2, 0.25) is 0 Å². The Morgan fingerprint density at radius 3 is 2.28 bits per heavy atom. The topological polar surface area (TPSA) is 44.5 Å². The fourth-order valence-corrected chi connectivity index (χ4v) is 2.48. The smallest absolute Gasteiger partial charge is 0.123 e. The van der Waals surface area contributed by atoms with E-state index in [0.29, 0.717) is 6.61 Å². The lowest BCUT2D eigenvalue weighted by molar-refractivity contribution is -0.0649. The molecule has 1 unspecified atom stereocenters. The van der Waals surface area contributed by atoms with Gasteiger partial charge in [0.15, 0.2) is 0 Å². The molecule has 0 fully saturated rings. The Bertz CT molecular complexity index is 361. The summed E-state index contributed by atoms with van der Waals surface area (Å²) in [6.45, 7) is 6.92. The van der Waals surface area contributed by atoms with Crippen molar-refractivity contribution in [3.05, 3.63) is 29.8 Å². The van der Waals surface area contributed by atoms with E-state index in [2.05, 4.69) is 13.8 Å². The second kappa shape index (κ2) is 6.76. The van der Waals surface area contributed by atoms with Gasteiger partial charge in [0, 0.05) is 12.2 Å². The molecule has 1 aromatic carbocycles. The molecule has 0 aliphatic heterocycles. The molecule has 2 N–H and O–H groups in total. The van der Waals surface area contributed by atoms with Gasteiger partial charge in [-0.3, -0.25) is 0 Å². The second-order valence-electron chi connectivity index (χ2n) is 4.42. The van der Waals surface area contributed by atoms with E-state index in [1.165, 1.54) is 0 Å². The molecule has 1 rings (SSSR count). The Kier molecular flexibility index (Phi) is 5.63. The number of para-hydroxylation sites is 1.